The topological polar surface area (TPSA) is 26.3 Å². The molecule has 1 saturated carbocycles. The molecule has 1 aromatic rings. The lowest BCUT2D eigenvalue weighted by Gasteiger charge is -2.21. The smallest absolute Gasteiger partial charge is 0.169 e. The van der Waals surface area contributed by atoms with Crippen LogP contribution in [0, 0.1) is 5.92 Å². The summed E-state index contributed by atoms with van der Waals surface area (Å²) in [5.41, 5.74) is 1.79. The molecule has 1 heterocycles. The van der Waals surface area contributed by atoms with Crippen LogP contribution in [0.15, 0.2) is 12.1 Å². The maximum absolute atomic E-state index is 12.6. The molecular formula is C15H17ClO2. The van der Waals surface area contributed by atoms with Crippen molar-refractivity contribution in [3.05, 3.63) is 28.3 Å². The molecule has 2 nitrogen and oxygen atoms in total. The molecule has 0 radical (unpaired) electrons. The van der Waals surface area contributed by atoms with Crippen LogP contribution in [0.1, 0.15) is 48.0 Å². The van der Waals surface area contributed by atoms with Gasteiger partial charge in [-0.15, -0.1) is 0 Å². The van der Waals surface area contributed by atoms with E-state index >= 15 is 0 Å². The first-order valence-corrected chi connectivity index (χ1v) is 7.13. The van der Waals surface area contributed by atoms with Crippen LogP contribution in [0.3, 0.4) is 0 Å². The van der Waals surface area contributed by atoms with Crippen molar-refractivity contribution in [2.24, 2.45) is 5.92 Å². The van der Waals surface area contributed by atoms with E-state index in [1.165, 1.54) is 19.3 Å². The maximum Gasteiger partial charge on any atom is 0.169 e. The Hall–Kier alpha value is -1.02. The fourth-order valence-electron chi connectivity index (χ4n) is 3.04. The maximum atomic E-state index is 12.6. The Morgan fingerprint density at radius 2 is 2.00 bits per heavy atom. The molecule has 0 unspecified atom stereocenters. The van der Waals surface area contributed by atoms with E-state index in [1.807, 2.05) is 6.07 Å². The number of carbonyl (C=O) groups excluding carboxylic acids is 1. The fraction of sp³-hybridized carbons (Fsp3) is 0.533. The van der Waals surface area contributed by atoms with Crippen molar-refractivity contribution < 1.29 is 9.53 Å². The molecule has 18 heavy (non-hydrogen) atoms. The molecule has 96 valence electrons. The van der Waals surface area contributed by atoms with Crippen LogP contribution < -0.4 is 4.74 Å². The third kappa shape index (κ3) is 2.14. The van der Waals surface area contributed by atoms with Crippen LogP contribution >= 0.6 is 11.6 Å². The Morgan fingerprint density at radius 3 is 2.78 bits per heavy atom. The highest BCUT2D eigenvalue weighted by molar-refractivity contribution is 6.31. The minimum atomic E-state index is 0.172. The van der Waals surface area contributed by atoms with Crippen LogP contribution in [0.5, 0.6) is 5.75 Å². The summed E-state index contributed by atoms with van der Waals surface area (Å²) in [5.74, 6) is 1.19. The van der Waals surface area contributed by atoms with Crippen LogP contribution in [-0.4, -0.2) is 12.4 Å². The van der Waals surface area contributed by atoms with E-state index in [0.29, 0.717) is 17.2 Å². The molecule has 2 aliphatic rings. The van der Waals surface area contributed by atoms with Gasteiger partial charge in [0.15, 0.2) is 5.78 Å². The lowest BCUT2D eigenvalue weighted by molar-refractivity contribution is 0.0886. The normalized spacial score (nSPS) is 19.4. The highest BCUT2D eigenvalue weighted by atomic mass is 35.5. The van der Waals surface area contributed by atoms with Crippen molar-refractivity contribution in [3.8, 4) is 5.75 Å². The molecule has 0 aromatic heterocycles. The first-order valence-electron chi connectivity index (χ1n) is 6.75. The summed E-state index contributed by atoms with van der Waals surface area (Å²) in [5, 5.41) is 0.651. The van der Waals surface area contributed by atoms with Crippen LogP contribution in [0.2, 0.25) is 5.02 Å². The zero-order chi connectivity index (χ0) is 12.5. The van der Waals surface area contributed by atoms with Gasteiger partial charge in [0, 0.05) is 17.4 Å². The number of halogens is 1. The SMILES string of the molecule is O=C(c1cc(Cl)cc2c1OCC2)C1CCCCC1. The Morgan fingerprint density at radius 1 is 1.22 bits per heavy atom. The number of rotatable bonds is 2. The number of hydrogen-bond acceptors (Lipinski definition) is 2. The van der Waals surface area contributed by atoms with Crippen molar-refractivity contribution in [2.45, 2.75) is 38.5 Å². The van der Waals surface area contributed by atoms with Gasteiger partial charge >= 0.3 is 0 Å². The number of Topliss-reactive ketones (excluding diaryl/α,β-unsaturated/α-hetero) is 1. The van der Waals surface area contributed by atoms with Gasteiger partial charge in [0.25, 0.3) is 0 Å². The molecule has 1 aliphatic heterocycles. The van der Waals surface area contributed by atoms with Gasteiger partial charge < -0.3 is 4.74 Å². The summed E-state index contributed by atoms with van der Waals surface area (Å²) in [6, 6.07) is 3.70. The molecular weight excluding hydrogens is 248 g/mol. The van der Waals surface area contributed by atoms with E-state index in [-0.39, 0.29) is 11.7 Å². The van der Waals surface area contributed by atoms with Crippen molar-refractivity contribution in [2.75, 3.05) is 6.61 Å². The molecule has 1 aromatic carbocycles. The molecule has 0 saturated heterocycles. The summed E-state index contributed by atoms with van der Waals surface area (Å²) < 4.78 is 5.62. The van der Waals surface area contributed by atoms with E-state index in [0.717, 1.165) is 30.6 Å². The molecule has 0 bridgehead atoms. The molecule has 1 aliphatic carbocycles. The Balaban J connectivity index is 1.93. The standard InChI is InChI=1S/C15H17ClO2/c16-12-8-11-6-7-18-15(11)13(9-12)14(17)10-4-2-1-3-5-10/h8-10H,1-7H2. The van der Waals surface area contributed by atoms with E-state index in [9.17, 15) is 4.79 Å². The monoisotopic (exact) mass is 264 g/mol. The van der Waals surface area contributed by atoms with E-state index < -0.39 is 0 Å². The van der Waals surface area contributed by atoms with Gasteiger partial charge in [0.1, 0.15) is 5.75 Å². The van der Waals surface area contributed by atoms with E-state index in [4.69, 9.17) is 16.3 Å². The number of hydrogen-bond donors (Lipinski definition) is 0. The second-order valence-corrected chi connectivity index (χ2v) is 5.68. The van der Waals surface area contributed by atoms with Gasteiger partial charge in [-0.05, 0) is 30.5 Å². The third-order valence-corrected chi connectivity index (χ3v) is 4.21. The number of ketones is 1. The highest BCUT2D eigenvalue weighted by Gasteiger charge is 2.28. The average molecular weight is 265 g/mol. The van der Waals surface area contributed by atoms with Crippen LogP contribution in [0.25, 0.3) is 0 Å². The molecule has 3 heteroatoms. The summed E-state index contributed by atoms with van der Waals surface area (Å²) in [4.78, 5) is 12.6. The first kappa shape index (κ1) is 12.0. The first-order chi connectivity index (χ1) is 8.75. The average Bonchev–Trinajstić information content (AvgIpc) is 2.86. The zero-order valence-corrected chi connectivity index (χ0v) is 11.1. The van der Waals surface area contributed by atoms with E-state index in [1.54, 1.807) is 6.07 Å². The number of benzene rings is 1. The quantitative estimate of drug-likeness (QED) is 0.754. The molecule has 1 fully saturated rings. The number of ether oxygens (including phenoxy) is 1. The van der Waals surface area contributed by atoms with Gasteiger partial charge in [-0.1, -0.05) is 30.9 Å². The van der Waals surface area contributed by atoms with Crippen molar-refractivity contribution in [1.29, 1.82) is 0 Å². The van der Waals surface area contributed by atoms with Crippen LogP contribution in [0.4, 0.5) is 0 Å². The molecule has 3 rings (SSSR count). The van der Waals surface area contributed by atoms with E-state index in [2.05, 4.69) is 0 Å². The number of carbonyl (C=O) groups is 1. The Bertz CT molecular complexity index is 476. The second-order valence-electron chi connectivity index (χ2n) is 5.24. The second kappa shape index (κ2) is 4.93. The lowest BCUT2D eigenvalue weighted by atomic mass is 9.83. The Kier molecular flexibility index (Phi) is 3.29. The van der Waals surface area contributed by atoms with Crippen molar-refractivity contribution >= 4 is 17.4 Å². The Labute approximate surface area is 112 Å². The number of fused-ring (bicyclic) bond motifs is 1. The van der Waals surface area contributed by atoms with Gasteiger partial charge in [-0.3, -0.25) is 4.79 Å². The summed E-state index contributed by atoms with van der Waals surface area (Å²) >= 11 is 6.10. The van der Waals surface area contributed by atoms with Crippen molar-refractivity contribution in [1.82, 2.24) is 0 Å². The molecule has 0 atom stereocenters. The summed E-state index contributed by atoms with van der Waals surface area (Å²) in [7, 11) is 0. The van der Waals surface area contributed by atoms with Gasteiger partial charge in [0.05, 0.1) is 12.2 Å². The van der Waals surface area contributed by atoms with Crippen LogP contribution in [-0.2, 0) is 6.42 Å². The fourth-order valence-corrected chi connectivity index (χ4v) is 3.28. The predicted molar refractivity (Wildman–Crippen MR) is 71.6 cm³/mol. The van der Waals surface area contributed by atoms with Gasteiger partial charge in [-0.25, -0.2) is 0 Å². The van der Waals surface area contributed by atoms with Crippen molar-refractivity contribution in [3.63, 3.8) is 0 Å². The predicted octanol–water partition coefficient (Wildman–Crippen LogP) is 4.04. The van der Waals surface area contributed by atoms with Gasteiger partial charge in [0.2, 0.25) is 0 Å². The minimum Gasteiger partial charge on any atom is -0.492 e. The zero-order valence-electron chi connectivity index (χ0n) is 10.4. The summed E-state index contributed by atoms with van der Waals surface area (Å²) in [6.45, 7) is 0.667. The molecule has 0 spiro atoms. The third-order valence-electron chi connectivity index (χ3n) is 3.99. The molecule has 0 amide bonds. The highest BCUT2D eigenvalue weighted by Crippen LogP contribution is 2.36. The molecule has 0 N–H and O–H groups in total. The lowest BCUT2D eigenvalue weighted by Crippen LogP contribution is -2.18. The summed E-state index contributed by atoms with van der Waals surface area (Å²) in [6.07, 6.45) is 6.48. The largest absolute Gasteiger partial charge is 0.492 e. The van der Waals surface area contributed by atoms with Gasteiger partial charge in [-0.2, -0.15) is 0 Å². The minimum absolute atomic E-state index is 0.172.